The quantitative estimate of drug-likeness (QED) is 0.759. The lowest BCUT2D eigenvalue weighted by molar-refractivity contribution is -0.114. The standard InChI is InChI=1S/C15H14FN3O2/c1-9(20)18-12-5-6-13(16)14(8-12)19-15(21)10-3-2-4-11(17)7-10/h2-8H,17H2,1H3,(H,18,20)(H,19,21). The molecule has 0 unspecified atom stereocenters. The van der Waals surface area contributed by atoms with E-state index in [4.69, 9.17) is 5.73 Å². The van der Waals surface area contributed by atoms with Gasteiger partial charge < -0.3 is 16.4 Å². The first-order valence-corrected chi connectivity index (χ1v) is 6.20. The molecule has 0 saturated heterocycles. The van der Waals surface area contributed by atoms with Crippen molar-refractivity contribution < 1.29 is 14.0 Å². The Bertz CT molecular complexity index is 701. The van der Waals surface area contributed by atoms with Gasteiger partial charge in [-0.05, 0) is 36.4 Å². The van der Waals surface area contributed by atoms with Gasteiger partial charge in [0.1, 0.15) is 5.82 Å². The van der Waals surface area contributed by atoms with E-state index < -0.39 is 11.7 Å². The molecule has 6 heteroatoms. The van der Waals surface area contributed by atoms with Crippen LogP contribution < -0.4 is 16.4 Å². The Morgan fingerprint density at radius 3 is 2.52 bits per heavy atom. The van der Waals surface area contributed by atoms with E-state index in [0.717, 1.165) is 0 Å². The summed E-state index contributed by atoms with van der Waals surface area (Å²) in [6.45, 7) is 1.34. The third-order valence-corrected chi connectivity index (χ3v) is 2.68. The summed E-state index contributed by atoms with van der Waals surface area (Å²) < 4.78 is 13.7. The predicted molar refractivity (Wildman–Crippen MR) is 79.5 cm³/mol. The van der Waals surface area contributed by atoms with Crippen molar-refractivity contribution in [2.45, 2.75) is 6.92 Å². The molecule has 0 atom stereocenters. The lowest BCUT2D eigenvalue weighted by atomic mass is 10.2. The van der Waals surface area contributed by atoms with Crippen LogP contribution in [0.4, 0.5) is 21.5 Å². The second-order valence-corrected chi connectivity index (χ2v) is 4.46. The first-order valence-electron chi connectivity index (χ1n) is 6.20. The molecule has 2 amide bonds. The van der Waals surface area contributed by atoms with E-state index in [0.29, 0.717) is 16.9 Å². The van der Waals surface area contributed by atoms with Crippen LogP contribution in [0.2, 0.25) is 0 Å². The van der Waals surface area contributed by atoms with E-state index in [9.17, 15) is 14.0 Å². The molecule has 5 nitrogen and oxygen atoms in total. The number of hydrogen-bond acceptors (Lipinski definition) is 3. The molecule has 2 aromatic rings. The third kappa shape index (κ3) is 3.79. The fourth-order valence-corrected chi connectivity index (χ4v) is 1.78. The van der Waals surface area contributed by atoms with Crippen molar-refractivity contribution in [3.05, 3.63) is 53.8 Å². The van der Waals surface area contributed by atoms with E-state index in [1.54, 1.807) is 18.2 Å². The van der Waals surface area contributed by atoms with Crippen LogP contribution in [0.25, 0.3) is 0 Å². The van der Waals surface area contributed by atoms with Crippen LogP contribution in [0.5, 0.6) is 0 Å². The van der Waals surface area contributed by atoms with Crippen LogP contribution in [0.1, 0.15) is 17.3 Å². The molecule has 0 spiro atoms. The molecule has 0 bridgehead atoms. The fraction of sp³-hybridized carbons (Fsp3) is 0.0667. The number of amides is 2. The summed E-state index contributed by atoms with van der Waals surface area (Å²) in [5.74, 6) is -1.36. The van der Waals surface area contributed by atoms with E-state index in [1.807, 2.05) is 0 Å². The minimum absolute atomic E-state index is 0.0197. The van der Waals surface area contributed by atoms with Crippen molar-refractivity contribution in [2.75, 3.05) is 16.4 Å². The van der Waals surface area contributed by atoms with Crippen molar-refractivity contribution in [3.63, 3.8) is 0 Å². The van der Waals surface area contributed by atoms with Gasteiger partial charge >= 0.3 is 0 Å². The largest absolute Gasteiger partial charge is 0.399 e. The maximum absolute atomic E-state index is 13.7. The first-order chi connectivity index (χ1) is 9.95. The smallest absolute Gasteiger partial charge is 0.255 e. The number of nitrogen functional groups attached to an aromatic ring is 1. The molecule has 4 N–H and O–H groups in total. The maximum atomic E-state index is 13.7. The van der Waals surface area contributed by atoms with Crippen molar-refractivity contribution in [2.24, 2.45) is 0 Å². The average Bonchev–Trinajstić information content (AvgIpc) is 2.42. The van der Waals surface area contributed by atoms with E-state index in [1.165, 1.54) is 31.2 Å². The highest BCUT2D eigenvalue weighted by atomic mass is 19.1. The summed E-state index contributed by atoms with van der Waals surface area (Å²) in [7, 11) is 0. The third-order valence-electron chi connectivity index (χ3n) is 2.68. The number of halogens is 1. The van der Waals surface area contributed by atoms with Gasteiger partial charge in [0.05, 0.1) is 5.69 Å². The molecule has 0 aromatic heterocycles. The first kappa shape index (κ1) is 14.5. The Labute approximate surface area is 121 Å². The number of anilines is 3. The molecule has 0 heterocycles. The van der Waals surface area contributed by atoms with Gasteiger partial charge in [0.15, 0.2) is 0 Å². The van der Waals surface area contributed by atoms with Crippen LogP contribution in [0.15, 0.2) is 42.5 Å². The van der Waals surface area contributed by atoms with Gasteiger partial charge in [0, 0.05) is 23.9 Å². The molecular weight excluding hydrogens is 273 g/mol. The Kier molecular flexibility index (Phi) is 4.18. The molecule has 0 radical (unpaired) electrons. The van der Waals surface area contributed by atoms with Crippen LogP contribution in [-0.4, -0.2) is 11.8 Å². The maximum Gasteiger partial charge on any atom is 0.255 e. The molecule has 2 rings (SSSR count). The van der Waals surface area contributed by atoms with Crippen LogP contribution in [0.3, 0.4) is 0 Å². The Morgan fingerprint density at radius 1 is 1.10 bits per heavy atom. The highest BCUT2D eigenvalue weighted by Gasteiger charge is 2.10. The second kappa shape index (κ2) is 6.04. The molecule has 0 aliphatic heterocycles. The normalized spacial score (nSPS) is 10.0. The van der Waals surface area contributed by atoms with Crippen molar-refractivity contribution >= 4 is 28.9 Å². The van der Waals surface area contributed by atoms with E-state index in [-0.39, 0.29) is 11.6 Å². The number of carbonyl (C=O) groups is 2. The number of nitrogens with one attached hydrogen (secondary N) is 2. The number of carbonyl (C=O) groups excluding carboxylic acids is 2. The molecule has 0 fully saturated rings. The van der Waals surface area contributed by atoms with Gasteiger partial charge in [-0.2, -0.15) is 0 Å². The summed E-state index contributed by atoms with van der Waals surface area (Å²) in [4.78, 5) is 23.0. The zero-order chi connectivity index (χ0) is 15.4. The summed E-state index contributed by atoms with van der Waals surface area (Å²) in [6, 6.07) is 10.3. The number of hydrogen-bond donors (Lipinski definition) is 3. The molecule has 0 aliphatic rings. The topological polar surface area (TPSA) is 84.2 Å². The number of rotatable bonds is 3. The molecule has 2 aromatic carbocycles. The predicted octanol–water partition coefficient (Wildman–Crippen LogP) is 2.62. The Balaban J connectivity index is 2.22. The molecule has 0 saturated carbocycles. The number of benzene rings is 2. The highest BCUT2D eigenvalue weighted by molar-refractivity contribution is 6.05. The lowest BCUT2D eigenvalue weighted by Crippen LogP contribution is -2.14. The van der Waals surface area contributed by atoms with Crippen LogP contribution >= 0.6 is 0 Å². The zero-order valence-corrected chi connectivity index (χ0v) is 11.3. The van der Waals surface area contributed by atoms with Crippen LogP contribution in [0, 0.1) is 5.82 Å². The van der Waals surface area contributed by atoms with Gasteiger partial charge in [0.25, 0.3) is 5.91 Å². The molecule has 108 valence electrons. The Morgan fingerprint density at radius 2 is 1.86 bits per heavy atom. The molecule has 21 heavy (non-hydrogen) atoms. The van der Waals surface area contributed by atoms with Crippen molar-refractivity contribution in [1.82, 2.24) is 0 Å². The second-order valence-electron chi connectivity index (χ2n) is 4.46. The van der Waals surface area contributed by atoms with Gasteiger partial charge in [-0.15, -0.1) is 0 Å². The Hall–Kier alpha value is -2.89. The minimum atomic E-state index is -0.596. The lowest BCUT2D eigenvalue weighted by Gasteiger charge is -2.09. The average molecular weight is 287 g/mol. The van der Waals surface area contributed by atoms with Crippen molar-refractivity contribution in [3.8, 4) is 0 Å². The van der Waals surface area contributed by atoms with E-state index >= 15 is 0 Å². The summed E-state index contributed by atoms with van der Waals surface area (Å²) in [6.07, 6.45) is 0. The van der Waals surface area contributed by atoms with Gasteiger partial charge in [-0.25, -0.2) is 4.39 Å². The monoisotopic (exact) mass is 287 g/mol. The summed E-state index contributed by atoms with van der Waals surface area (Å²) >= 11 is 0. The highest BCUT2D eigenvalue weighted by Crippen LogP contribution is 2.20. The van der Waals surface area contributed by atoms with Crippen LogP contribution in [-0.2, 0) is 4.79 Å². The minimum Gasteiger partial charge on any atom is -0.399 e. The van der Waals surface area contributed by atoms with Gasteiger partial charge in [0.2, 0.25) is 5.91 Å². The molecular formula is C15H14FN3O2. The van der Waals surface area contributed by atoms with Crippen molar-refractivity contribution in [1.29, 1.82) is 0 Å². The SMILES string of the molecule is CC(=O)Nc1ccc(F)c(NC(=O)c2cccc(N)c2)c1. The summed E-state index contributed by atoms with van der Waals surface area (Å²) in [5, 5.41) is 4.96. The zero-order valence-electron chi connectivity index (χ0n) is 11.3. The fourth-order valence-electron chi connectivity index (χ4n) is 1.78. The van der Waals surface area contributed by atoms with Gasteiger partial charge in [-0.1, -0.05) is 6.07 Å². The number of nitrogens with two attached hydrogens (primary N) is 1. The summed E-state index contributed by atoms with van der Waals surface area (Å²) in [5.41, 5.74) is 6.73. The molecule has 0 aliphatic carbocycles. The van der Waals surface area contributed by atoms with Gasteiger partial charge in [-0.3, -0.25) is 9.59 Å². The van der Waals surface area contributed by atoms with E-state index in [2.05, 4.69) is 10.6 Å².